The SMILES string of the molecule is O=C(O)CCCCCCCCCCCC=CC=CC=CC=CC1=CO1. The molecule has 0 amide bonds. The van der Waals surface area contributed by atoms with Crippen molar-refractivity contribution >= 4 is 5.97 Å². The Morgan fingerprint density at radius 1 is 0.800 bits per heavy atom. The van der Waals surface area contributed by atoms with E-state index in [-0.39, 0.29) is 0 Å². The van der Waals surface area contributed by atoms with E-state index in [0.717, 1.165) is 25.0 Å². The molecule has 0 saturated heterocycles. The molecule has 1 heterocycles. The van der Waals surface area contributed by atoms with Crippen LogP contribution >= 0.6 is 0 Å². The second-order valence-corrected chi connectivity index (χ2v) is 6.31. The van der Waals surface area contributed by atoms with Crippen molar-refractivity contribution in [1.29, 1.82) is 0 Å². The lowest BCUT2D eigenvalue weighted by atomic mass is 10.1. The van der Waals surface area contributed by atoms with Crippen LogP contribution in [-0.2, 0) is 9.53 Å². The van der Waals surface area contributed by atoms with Gasteiger partial charge in [-0.25, -0.2) is 0 Å². The number of ether oxygens (including phenoxy) is 1. The summed E-state index contributed by atoms with van der Waals surface area (Å²) in [4.78, 5) is 10.4. The zero-order valence-electron chi connectivity index (χ0n) is 15.2. The van der Waals surface area contributed by atoms with Crippen molar-refractivity contribution in [3.8, 4) is 0 Å². The van der Waals surface area contributed by atoms with Gasteiger partial charge in [-0.05, 0) is 25.3 Å². The molecule has 0 aromatic carbocycles. The summed E-state index contributed by atoms with van der Waals surface area (Å²) in [5, 5.41) is 8.55. The topological polar surface area (TPSA) is 49.8 Å². The van der Waals surface area contributed by atoms with Gasteiger partial charge in [-0.3, -0.25) is 4.79 Å². The number of hydrogen-bond donors (Lipinski definition) is 1. The molecule has 0 unspecified atom stereocenters. The third-order valence-electron chi connectivity index (χ3n) is 3.97. The zero-order valence-corrected chi connectivity index (χ0v) is 15.2. The Morgan fingerprint density at radius 3 is 1.92 bits per heavy atom. The number of aliphatic carboxylic acids is 1. The Morgan fingerprint density at radius 2 is 1.32 bits per heavy atom. The van der Waals surface area contributed by atoms with E-state index >= 15 is 0 Å². The van der Waals surface area contributed by atoms with E-state index in [1.54, 1.807) is 6.26 Å². The Bertz CT molecular complexity index is 495. The number of rotatable bonds is 16. The molecule has 0 spiro atoms. The van der Waals surface area contributed by atoms with Gasteiger partial charge >= 0.3 is 5.97 Å². The van der Waals surface area contributed by atoms with Crippen LogP contribution in [0.5, 0.6) is 0 Å². The van der Waals surface area contributed by atoms with Crippen LogP contribution in [0.15, 0.2) is 60.6 Å². The Balaban J connectivity index is 1.78. The largest absolute Gasteiger partial charge is 0.481 e. The molecule has 0 bridgehead atoms. The summed E-state index contributed by atoms with van der Waals surface area (Å²) in [7, 11) is 0. The quantitative estimate of drug-likeness (QED) is 0.258. The Labute approximate surface area is 152 Å². The Hall–Kier alpha value is -2.03. The van der Waals surface area contributed by atoms with Gasteiger partial charge < -0.3 is 9.84 Å². The molecular formula is C22H32O3. The first-order valence-electron chi connectivity index (χ1n) is 9.54. The fraction of sp³-hybridized carbons (Fsp3) is 0.500. The molecule has 1 aliphatic rings. The molecule has 1 N–H and O–H groups in total. The van der Waals surface area contributed by atoms with Crippen LogP contribution in [0, 0.1) is 0 Å². The van der Waals surface area contributed by atoms with Crippen molar-refractivity contribution in [3.05, 3.63) is 60.6 Å². The molecule has 0 atom stereocenters. The van der Waals surface area contributed by atoms with Gasteiger partial charge in [0.15, 0.2) is 5.76 Å². The standard InChI is InChI=1S/C22H32O3/c23-22(24)19-17-15-13-11-9-7-5-3-1-2-4-6-8-10-12-14-16-18-21-20-25-21/h4,6,8,10,12,14,16,18,20H,1-3,5,7,9,11,13,15,17,19H2,(H,23,24). The number of allylic oxidation sites excluding steroid dienone is 8. The highest BCUT2D eigenvalue weighted by Crippen LogP contribution is 2.13. The second-order valence-electron chi connectivity index (χ2n) is 6.31. The van der Waals surface area contributed by atoms with Gasteiger partial charge in [-0.15, -0.1) is 0 Å². The molecule has 1 aliphatic heterocycles. The first-order valence-corrected chi connectivity index (χ1v) is 9.54. The molecular weight excluding hydrogens is 312 g/mol. The predicted molar refractivity (Wildman–Crippen MR) is 104 cm³/mol. The minimum atomic E-state index is -0.671. The van der Waals surface area contributed by atoms with Gasteiger partial charge in [0.1, 0.15) is 6.26 Å². The monoisotopic (exact) mass is 344 g/mol. The van der Waals surface area contributed by atoms with Crippen molar-refractivity contribution < 1.29 is 14.6 Å². The molecule has 0 aromatic rings. The van der Waals surface area contributed by atoms with E-state index in [9.17, 15) is 4.79 Å². The number of carbonyl (C=O) groups is 1. The lowest BCUT2D eigenvalue weighted by molar-refractivity contribution is -0.137. The number of unbranched alkanes of at least 4 members (excludes halogenated alkanes) is 9. The highest BCUT2D eigenvalue weighted by atomic mass is 16.5. The van der Waals surface area contributed by atoms with Gasteiger partial charge in [-0.1, -0.05) is 87.5 Å². The summed E-state index contributed by atoms with van der Waals surface area (Å²) in [6.45, 7) is 0. The second kappa shape index (κ2) is 15.5. The molecule has 1 rings (SSSR count). The lowest BCUT2D eigenvalue weighted by Crippen LogP contribution is -1.93. The van der Waals surface area contributed by atoms with Crippen molar-refractivity contribution in [3.63, 3.8) is 0 Å². The average Bonchev–Trinajstić information content (AvgIpc) is 3.41. The first kappa shape index (κ1) is 21.0. The summed E-state index contributed by atoms with van der Waals surface area (Å²) in [5.74, 6) is 0.264. The molecule has 0 aliphatic carbocycles. The van der Waals surface area contributed by atoms with Crippen LogP contribution in [0.2, 0.25) is 0 Å². The van der Waals surface area contributed by atoms with E-state index in [4.69, 9.17) is 9.84 Å². The molecule has 0 aromatic heterocycles. The van der Waals surface area contributed by atoms with Crippen LogP contribution in [0.1, 0.15) is 70.6 Å². The van der Waals surface area contributed by atoms with Gasteiger partial charge in [0.25, 0.3) is 0 Å². The maximum Gasteiger partial charge on any atom is 0.303 e. The molecule has 0 radical (unpaired) electrons. The van der Waals surface area contributed by atoms with Crippen molar-refractivity contribution in [1.82, 2.24) is 0 Å². The average molecular weight is 344 g/mol. The van der Waals surface area contributed by atoms with Gasteiger partial charge in [0, 0.05) is 6.42 Å². The summed E-state index contributed by atoms with van der Waals surface area (Å²) in [6, 6.07) is 0. The third-order valence-corrected chi connectivity index (χ3v) is 3.97. The summed E-state index contributed by atoms with van der Waals surface area (Å²) >= 11 is 0. The maximum absolute atomic E-state index is 10.4. The smallest absolute Gasteiger partial charge is 0.303 e. The number of hydrogen-bond acceptors (Lipinski definition) is 2. The van der Waals surface area contributed by atoms with E-state index < -0.39 is 5.97 Å². The maximum atomic E-state index is 10.4. The zero-order chi connectivity index (χ0) is 18.0. The van der Waals surface area contributed by atoms with E-state index in [2.05, 4.69) is 18.2 Å². The lowest BCUT2D eigenvalue weighted by Gasteiger charge is -2.01. The molecule has 0 fully saturated rings. The molecule has 138 valence electrons. The molecule has 25 heavy (non-hydrogen) atoms. The third kappa shape index (κ3) is 16.6. The number of carboxylic acid groups (broad SMARTS) is 1. The minimum Gasteiger partial charge on any atom is -0.481 e. The molecule has 3 heteroatoms. The fourth-order valence-electron chi connectivity index (χ4n) is 2.47. The summed E-state index contributed by atoms with van der Waals surface area (Å²) < 4.78 is 4.87. The van der Waals surface area contributed by atoms with Gasteiger partial charge in [0.05, 0.1) is 0 Å². The van der Waals surface area contributed by atoms with Crippen LogP contribution < -0.4 is 0 Å². The first-order chi connectivity index (χ1) is 12.3. The predicted octanol–water partition coefficient (Wildman–Crippen LogP) is 6.46. The van der Waals surface area contributed by atoms with Crippen molar-refractivity contribution in [2.75, 3.05) is 0 Å². The van der Waals surface area contributed by atoms with Gasteiger partial charge in [-0.2, -0.15) is 0 Å². The normalized spacial score (nSPS) is 14.0. The van der Waals surface area contributed by atoms with Crippen LogP contribution in [-0.4, -0.2) is 11.1 Å². The highest BCUT2D eigenvalue weighted by Gasteiger charge is 2.01. The van der Waals surface area contributed by atoms with E-state index in [1.165, 1.54) is 44.9 Å². The van der Waals surface area contributed by atoms with Crippen LogP contribution in [0.4, 0.5) is 0 Å². The van der Waals surface area contributed by atoms with E-state index in [1.807, 2.05) is 30.4 Å². The number of carboxylic acids is 1. The summed E-state index contributed by atoms with van der Waals surface area (Å²) in [5.41, 5.74) is 0. The Kier molecular flexibility index (Phi) is 13.0. The van der Waals surface area contributed by atoms with Gasteiger partial charge in [0.2, 0.25) is 0 Å². The van der Waals surface area contributed by atoms with Crippen molar-refractivity contribution in [2.24, 2.45) is 0 Å². The van der Waals surface area contributed by atoms with E-state index in [0.29, 0.717) is 6.42 Å². The van der Waals surface area contributed by atoms with Crippen molar-refractivity contribution in [2.45, 2.75) is 70.6 Å². The fourth-order valence-corrected chi connectivity index (χ4v) is 2.47. The summed E-state index contributed by atoms with van der Waals surface area (Å²) in [6.07, 6.45) is 30.3. The minimum absolute atomic E-state index is 0.323. The highest BCUT2D eigenvalue weighted by molar-refractivity contribution is 5.66. The molecule has 0 saturated carbocycles. The molecule has 3 nitrogen and oxygen atoms in total. The van der Waals surface area contributed by atoms with Crippen LogP contribution in [0.3, 0.4) is 0 Å². The van der Waals surface area contributed by atoms with Crippen LogP contribution in [0.25, 0.3) is 0 Å².